The molecule has 8 heteroatoms. The predicted molar refractivity (Wildman–Crippen MR) is 76.3 cm³/mol. The molecule has 1 fully saturated rings. The van der Waals surface area contributed by atoms with Crippen LogP contribution >= 0.6 is 15.9 Å². The number of nitrogens with one attached hydrogen (secondary N) is 1. The Morgan fingerprint density at radius 1 is 1.15 bits per heavy atom. The zero-order valence-electron chi connectivity index (χ0n) is 11.3. The maximum Gasteiger partial charge on any atom is 0.389 e. The van der Waals surface area contributed by atoms with Crippen LogP contribution in [-0.2, 0) is 10.0 Å². The van der Waals surface area contributed by atoms with Gasteiger partial charge in [-0.1, -0.05) is 28.8 Å². The van der Waals surface area contributed by atoms with Gasteiger partial charge in [-0.2, -0.15) is 13.2 Å². The molecule has 2 atom stereocenters. The first kappa shape index (κ1) is 18.2. The minimum absolute atomic E-state index is 0.278. The topological polar surface area (TPSA) is 46.2 Å². The first-order valence-corrected chi connectivity index (χ1v) is 9.61. The van der Waals surface area contributed by atoms with E-state index in [-0.39, 0.29) is 12.3 Å². The maximum atomic E-state index is 12.0. The Morgan fingerprint density at radius 2 is 1.75 bits per heavy atom. The van der Waals surface area contributed by atoms with Crippen LogP contribution in [0.2, 0.25) is 0 Å². The van der Waals surface area contributed by atoms with Crippen molar-refractivity contribution in [1.29, 1.82) is 0 Å². The standard InChI is InChI=1S/C12H21BrF3NO2S/c13-8-10-4-1-2-5-11(10)9-17-20(18,19)7-3-6-12(14,15)16/h10-11,17H,1-9H2. The first-order valence-electron chi connectivity index (χ1n) is 6.83. The molecule has 1 aliphatic carbocycles. The van der Waals surface area contributed by atoms with E-state index in [2.05, 4.69) is 20.7 Å². The molecule has 0 heterocycles. The van der Waals surface area contributed by atoms with Crippen molar-refractivity contribution >= 4 is 26.0 Å². The highest BCUT2D eigenvalue weighted by Crippen LogP contribution is 2.31. The SMILES string of the molecule is O=S(=O)(CCCC(F)(F)F)NCC1CCCCC1CBr. The molecule has 0 aromatic rings. The molecule has 1 rings (SSSR count). The number of halogens is 4. The van der Waals surface area contributed by atoms with Crippen molar-refractivity contribution in [1.82, 2.24) is 4.72 Å². The van der Waals surface area contributed by atoms with Crippen LogP contribution in [0.4, 0.5) is 13.2 Å². The zero-order chi connectivity index (χ0) is 15.2. The van der Waals surface area contributed by atoms with Gasteiger partial charge in [0, 0.05) is 18.3 Å². The van der Waals surface area contributed by atoms with Gasteiger partial charge in [0.25, 0.3) is 0 Å². The fraction of sp³-hybridized carbons (Fsp3) is 1.00. The summed E-state index contributed by atoms with van der Waals surface area (Å²) in [6, 6.07) is 0. The van der Waals surface area contributed by atoms with E-state index >= 15 is 0 Å². The van der Waals surface area contributed by atoms with E-state index in [1.165, 1.54) is 0 Å². The summed E-state index contributed by atoms with van der Waals surface area (Å²) < 4.78 is 61.7. The molecule has 0 spiro atoms. The lowest BCUT2D eigenvalue weighted by molar-refractivity contribution is -0.134. The average molecular weight is 380 g/mol. The first-order chi connectivity index (χ1) is 9.23. The van der Waals surface area contributed by atoms with Gasteiger partial charge < -0.3 is 0 Å². The summed E-state index contributed by atoms with van der Waals surface area (Å²) in [6.07, 6.45) is -1.44. The molecule has 3 nitrogen and oxygen atoms in total. The lowest BCUT2D eigenvalue weighted by Crippen LogP contribution is -2.36. The van der Waals surface area contributed by atoms with Crippen LogP contribution in [0.5, 0.6) is 0 Å². The van der Waals surface area contributed by atoms with Crippen molar-refractivity contribution in [3.05, 3.63) is 0 Å². The van der Waals surface area contributed by atoms with Gasteiger partial charge in [0.15, 0.2) is 0 Å². The maximum absolute atomic E-state index is 12.0. The molecular formula is C12H21BrF3NO2S. The molecule has 120 valence electrons. The monoisotopic (exact) mass is 379 g/mol. The highest BCUT2D eigenvalue weighted by Gasteiger charge is 2.28. The summed E-state index contributed by atoms with van der Waals surface area (Å²) in [7, 11) is -3.60. The molecule has 1 saturated carbocycles. The van der Waals surface area contributed by atoms with Crippen LogP contribution in [0.3, 0.4) is 0 Å². The van der Waals surface area contributed by atoms with Gasteiger partial charge in [0.1, 0.15) is 0 Å². The summed E-state index contributed by atoms with van der Waals surface area (Å²) in [5.41, 5.74) is 0. The third kappa shape index (κ3) is 7.26. The van der Waals surface area contributed by atoms with Gasteiger partial charge >= 0.3 is 6.18 Å². The molecule has 1 N–H and O–H groups in total. The molecule has 0 aromatic heterocycles. The fourth-order valence-electron chi connectivity index (χ4n) is 2.53. The van der Waals surface area contributed by atoms with E-state index < -0.39 is 28.4 Å². The number of hydrogen-bond donors (Lipinski definition) is 1. The van der Waals surface area contributed by atoms with Crippen molar-refractivity contribution in [3.63, 3.8) is 0 Å². The molecule has 20 heavy (non-hydrogen) atoms. The Balaban J connectivity index is 2.35. The van der Waals surface area contributed by atoms with E-state index in [1.807, 2.05) is 0 Å². The average Bonchev–Trinajstić information content (AvgIpc) is 2.35. The van der Waals surface area contributed by atoms with Crippen molar-refractivity contribution in [2.75, 3.05) is 17.6 Å². The number of alkyl halides is 4. The molecule has 0 aromatic carbocycles. The summed E-state index contributed by atoms with van der Waals surface area (Å²) in [5.74, 6) is 0.264. The summed E-state index contributed by atoms with van der Waals surface area (Å²) in [6.45, 7) is 0.338. The third-order valence-corrected chi connectivity index (χ3v) is 5.97. The second kappa shape index (κ2) is 7.98. The normalized spacial score (nSPS) is 24.8. The van der Waals surface area contributed by atoms with E-state index in [0.717, 1.165) is 31.0 Å². The second-order valence-corrected chi connectivity index (χ2v) is 7.92. The fourth-order valence-corrected chi connectivity index (χ4v) is 4.51. The second-order valence-electron chi connectivity index (χ2n) is 5.34. The molecule has 0 saturated heterocycles. The van der Waals surface area contributed by atoms with Crippen molar-refractivity contribution < 1.29 is 21.6 Å². The van der Waals surface area contributed by atoms with E-state index in [0.29, 0.717) is 12.5 Å². The van der Waals surface area contributed by atoms with Gasteiger partial charge in [-0.3, -0.25) is 0 Å². The van der Waals surface area contributed by atoms with Gasteiger partial charge in [-0.15, -0.1) is 0 Å². The Kier molecular flexibility index (Phi) is 7.28. The predicted octanol–water partition coefficient (Wildman–Crippen LogP) is 3.45. The minimum atomic E-state index is -4.29. The lowest BCUT2D eigenvalue weighted by atomic mass is 9.80. The number of rotatable bonds is 7. The van der Waals surface area contributed by atoms with Crippen LogP contribution in [0.25, 0.3) is 0 Å². The molecule has 0 amide bonds. The molecular weight excluding hydrogens is 359 g/mol. The quantitative estimate of drug-likeness (QED) is 0.688. The molecule has 0 radical (unpaired) electrons. The molecule has 1 aliphatic rings. The Hall–Kier alpha value is 0.180. The molecule has 0 bridgehead atoms. The van der Waals surface area contributed by atoms with Crippen LogP contribution in [-0.4, -0.2) is 32.2 Å². The molecule has 0 aliphatic heterocycles. The Labute approximate surface area is 126 Å². The summed E-state index contributed by atoms with van der Waals surface area (Å²) in [5, 5.41) is 0.841. The molecule has 2 unspecified atom stereocenters. The van der Waals surface area contributed by atoms with Crippen LogP contribution in [0.15, 0.2) is 0 Å². The van der Waals surface area contributed by atoms with E-state index in [4.69, 9.17) is 0 Å². The summed E-state index contributed by atoms with van der Waals surface area (Å²) in [4.78, 5) is 0. The van der Waals surface area contributed by atoms with Gasteiger partial charge in [0.2, 0.25) is 10.0 Å². The van der Waals surface area contributed by atoms with Gasteiger partial charge in [0.05, 0.1) is 5.75 Å². The smallest absolute Gasteiger partial charge is 0.215 e. The minimum Gasteiger partial charge on any atom is -0.215 e. The third-order valence-electron chi connectivity index (χ3n) is 3.70. The Bertz CT molecular complexity index is 387. The number of sulfonamides is 1. The summed E-state index contributed by atoms with van der Waals surface area (Å²) >= 11 is 3.43. The van der Waals surface area contributed by atoms with Gasteiger partial charge in [-0.25, -0.2) is 13.1 Å². The van der Waals surface area contributed by atoms with Crippen LogP contribution < -0.4 is 4.72 Å². The highest BCUT2D eigenvalue weighted by atomic mass is 79.9. The zero-order valence-corrected chi connectivity index (χ0v) is 13.7. The van der Waals surface area contributed by atoms with E-state index in [1.54, 1.807) is 0 Å². The Morgan fingerprint density at radius 3 is 2.30 bits per heavy atom. The number of hydrogen-bond acceptors (Lipinski definition) is 2. The van der Waals surface area contributed by atoms with Crippen molar-refractivity contribution in [3.8, 4) is 0 Å². The van der Waals surface area contributed by atoms with E-state index in [9.17, 15) is 21.6 Å². The van der Waals surface area contributed by atoms with Crippen molar-refractivity contribution in [2.45, 2.75) is 44.7 Å². The van der Waals surface area contributed by atoms with Crippen molar-refractivity contribution in [2.24, 2.45) is 11.8 Å². The lowest BCUT2D eigenvalue weighted by Gasteiger charge is -2.30. The van der Waals surface area contributed by atoms with Crippen LogP contribution in [0, 0.1) is 11.8 Å². The van der Waals surface area contributed by atoms with Crippen LogP contribution in [0.1, 0.15) is 38.5 Å². The highest BCUT2D eigenvalue weighted by molar-refractivity contribution is 9.09. The largest absolute Gasteiger partial charge is 0.389 e. The van der Waals surface area contributed by atoms with Gasteiger partial charge in [-0.05, 0) is 31.1 Å².